The molecule has 0 aliphatic rings. The summed E-state index contributed by atoms with van der Waals surface area (Å²) in [4.78, 5) is 12.5. The maximum absolute atomic E-state index is 12.5. The van der Waals surface area contributed by atoms with Crippen molar-refractivity contribution in [3.05, 3.63) is 92.2 Å². The first-order chi connectivity index (χ1) is 12.1. The van der Waals surface area contributed by atoms with Crippen molar-refractivity contribution in [2.24, 2.45) is 0 Å². The van der Waals surface area contributed by atoms with Gasteiger partial charge in [0.05, 0.1) is 5.39 Å². The van der Waals surface area contributed by atoms with Crippen LogP contribution in [0, 0.1) is 0 Å². The van der Waals surface area contributed by atoms with Crippen LogP contribution in [-0.2, 0) is 0 Å². The lowest BCUT2D eigenvalue weighted by Gasteiger charge is -2.12. The van der Waals surface area contributed by atoms with E-state index >= 15 is 0 Å². The van der Waals surface area contributed by atoms with Gasteiger partial charge in [0.2, 0.25) is 0 Å². The molecule has 4 aromatic rings. The van der Waals surface area contributed by atoms with Gasteiger partial charge in [0, 0.05) is 25.5 Å². The van der Waals surface area contributed by atoms with Crippen LogP contribution in [0.2, 0.25) is 0 Å². The third kappa shape index (κ3) is 3.08. The third-order valence-electron chi connectivity index (χ3n) is 4.08. The zero-order valence-electron chi connectivity index (χ0n) is 13.0. The molecule has 0 amide bonds. The summed E-state index contributed by atoms with van der Waals surface area (Å²) in [6.45, 7) is 0. The van der Waals surface area contributed by atoms with Crippen LogP contribution < -0.4 is 5.63 Å². The first kappa shape index (κ1) is 16.3. The first-order valence-corrected chi connectivity index (χ1v) is 9.30. The predicted molar refractivity (Wildman–Crippen MR) is 109 cm³/mol. The second-order valence-electron chi connectivity index (χ2n) is 5.65. The topological polar surface area (TPSA) is 30.2 Å². The molecule has 1 heterocycles. The minimum atomic E-state index is -0.325. The molecule has 1 aromatic heterocycles. The van der Waals surface area contributed by atoms with Gasteiger partial charge >= 0.3 is 5.63 Å². The second-order valence-corrected chi connectivity index (χ2v) is 7.48. The Labute approximate surface area is 161 Å². The number of fused-ring (bicyclic) bond motifs is 1. The molecule has 3 aromatic carbocycles. The normalized spacial score (nSPS) is 11.0. The molecule has 4 heteroatoms. The minimum Gasteiger partial charge on any atom is -0.422 e. The molecule has 0 aliphatic carbocycles. The van der Waals surface area contributed by atoms with Gasteiger partial charge < -0.3 is 4.42 Å². The molecule has 2 nitrogen and oxygen atoms in total. The van der Waals surface area contributed by atoms with E-state index in [9.17, 15) is 4.79 Å². The molecular weight excluding hydrogens is 444 g/mol. The maximum Gasteiger partial charge on any atom is 0.344 e. The lowest BCUT2D eigenvalue weighted by atomic mass is 9.95. The Hall–Kier alpha value is -2.17. The van der Waals surface area contributed by atoms with Crippen LogP contribution in [0.1, 0.15) is 0 Å². The molecule has 0 radical (unpaired) electrons. The number of rotatable bonds is 2. The van der Waals surface area contributed by atoms with E-state index < -0.39 is 0 Å². The molecule has 0 aliphatic heterocycles. The minimum absolute atomic E-state index is 0.325. The summed E-state index contributed by atoms with van der Waals surface area (Å²) in [6.07, 6.45) is 0. The van der Waals surface area contributed by atoms with E-state index in [2.05, 4.69) is 31.9 Å². The summed E-state index contributed by atoms with van der Waals surface area (Å²) in [5.74, 6) is 0.582. The molecule has 0 spiro atoms. The zero-order chi connectivity index (χ0) is 17.4. The van der Waals surface area contributed by atoms with Crippen LogP contribution in [0.3, 0.4) is 0 Å². The van der Waals surface area contributed by atoms with E-state index in [1.54, 1.807) is 6.07 Å². The molecule has 0 unspecified atom stereocenters. The quantitative estimate of drug-likeness (QED) is 0.338. The average Bonchev–Trinajstić information content (AvgIpc) is 2.63. The maximum atomic E-state index is 12.5. The van der Waals surface area contributed by atoms with E-state index in [0.717, 1.165) is 31.0 Å². The van der Waals surface area contributed by atoms with Gasteiger partial charge in [-0.1, -0.05) is 74.3 Å². The monoisotopic (exact) mass is 454 g/mol. The van der Waals surface area contributed by atoms with Gasteiger partial charge in [-0.25, -0.2) is 4.79 Å². The summed E-state index contributed by atoms with van der Waals surface area (Å²) in [7, 11) is 0. The highest BCUT2D eigenvalue weighted by molar-refractivity contribution is 9.10. The molecular formula is C21H12Br2O2. The molecule has 0 bridgehead atoms. The van der Waals surface area contributed by atoms with E-state index in [1.807, 2.05) is 66.7 Å². The Balaban J connectivity index is 2.11. The summed E-state index contributed by atoms with van der Waals surface area (Å²) in [6, 6.07) is 23.3. The fourth-order valence-electron chi connectivity index (χ4n) is 2.91. The van der Waals surface area contributed by atoms with E-state index in [0.29, 0.717) is 11.1 Å². The van der Waals surface area contributed by atoms with Crippen LogP contribution >= 0.6 is 31.9 Å². The fourth-order valence-corrected chi connectivity index (χ4v) is 3.44. The predicted octanol–water partition coefficient (Wildman–Crippen LogP) is 6.65. The molecule has 0 fully saturated rings. The van der Waals surface area contributed by atoms with Crippen molar-refractivity contribution in [1.29, 1.82) is 0 Å². The average molecular weight is 456 g/mol. The zero-order valence-corrected chi connectivity index (χ0v) is 16.2. The van der Waals surface area contributed by atoms with E-state index in [1.165, 1.54) is 0 Å². The van der Waals surface area contributed by atoms with Crippen LogP contribution in [0.5, 0.6) is 0 Å². The molecule has 122 valence electrons. The van der Waals surface area contributed by atoms with Crippen LogP contribution in [0.4, 0.5) is 0 Å². The third-order valence-corrected chi connectivity index (χ3v) is 5.13. The van der Waals surface area contributed by atoms with Gasteiger partial charge in [-0.2, -0.15) is 0 Å². The highest BCUT2D eigenvalue weighted by Crippen LogP contribution is 2.37. The van der Waals surface area contributed by atoms with E-state index in [4.69, 9.17) is 4.42 Å². The highest BCUT2D eigenvalue weighted by atomic mass is 79.9. The molecule has 4 rings (SSSR count). The van der Waals surface area contributed by atoms with Crippen molar-refractivity contribution in [2.75, 3.05) is 0 Å². The van der Waals surface area contributed by atoms with Gasteiger partial charge in [0.1, 0.15) is 5.76 Å². The van der Waals surface area contributed by atoms with Crippen LogP contribution in [0.25, 0.3) is 33.2 Å². The summed E-state index contributed by atoms with van der Waals surface area (Å²) >= 11 is 6.92. The number of halogens is 2. The Morgan fingerprint density at radius 3 is 1.76 bits per heavy atom. The Morgan fingerprint density at radius 2 is 1.16 bits per heavy atom. The lowest BCUT2D eigenvalue weighted by molar-refractivity contribution is 0.536. The van der Waals surface area contributed by atoms with Crippen molar-refractivity contribution < 1.29 is 4.42 Å². The number of hydrogen-bond acceptors (Lipinski definition) is 2. The smallest absolute Gasteiger partial charge is 0.344 e. The van der Waals surface area contributed by atoms with Crippen molar-refractivity contribution >= 4 is 42.6 Å². The molecule has 0 atom stereocenters. The molecule has 0 N–H and O–H groups in total. The molecule has 0 saturated carbocycles. The lowest BCUT2D eigenvalue weighted by Crippen LogP contribution is -2.02. The van der Waals surface area contributed by atoms with Crippen molar-refractivity contribution in [2.45, 2.75) is 0 Å². The summed E-state index contributed by atoms with van der Waals surface area (Å²) < 4.78 is 7.73. The summed E-state index contributed by atoms with van der Waals surface area (Å²) in [5.41, 5.74) is 2.46. The van der Waals surface area contributed by atoms with Gasteiger partial charge in [-0.05, 0) is 35.9 Å². The Morgan fingerprint density at radius 1 is 0.640 bits per heavy atom. The van der Waals surface area contributed by atoms with Crippen LogP contribution in [0.15, 0.2) is 91.0 Å². The van der Waals surface area contributed by atoms with Gasteiger partial charge in [0.15, 0.2) is 0 Å². The fraction of sp³-hybridized carbons (Fsp3) is 0. The largest absolute Gasteiger partial charge is 0.422 e. The standard InChI is InChI=1S/C21H12Br2O2/c22-15-9-5-13(6-10-15)19-17-3-1-2-4-18(17)21(24)25-20(19)14-7-11-16(23)12-8-14/h1-12H. The van der Waals surface area contributed by atoms with Gasteiger partial charge in [0.25, 0.3) is 0 Å². The van der Waals surface area contributed by atoms with Gasteiger partial charge in [-0.15, -0.1) is 0 Å². The van der Waals surface area contributed by atoms with Crippen molar-refractivity contribution in [1.82, 2.24) is 0 Å². The number of benzene rings is 3. The molecule has 0 saturated heterocycles. The summed E-state index contributed by atoms with van der Waals surface area (Å²) in [5, 5.41) is 1.47. The molecule has 25 heavy (non-hydrogen) atoms. The van der Waals surface area contributed by atoms with Crippen molar-refractivity contribution in [3.8, 4) is 22.5 Å². The van der Waals surface area contributed by atoms with Crippen molar-refractivity contribution in [3.63, 3.8) is 0 Å². The van der Waals surface area contributed by atoms with E-state index in [-0.39, 0.29) is 5.63 Å². The second kappa shape index (κ2) is 6.62. The Bertz CT molecular complexity index is 1110. The Kier molecular flexibility index (Phi) is 4.32. The van der Waals surface area contributed by atoms with Crippen LogP contribution in [-0.4, -0.2) is 0 Å². The first-order valence-electron chi connectivity index (χ1n) is 7.71. The highest BCUT2D eigenvalue weighted by Gasteiger charge is 2.17. The SMILES string of the molecule is O=c1oc(-c2ccc(Br)cc2)c(-c2ccc(Br)cc2)c2ccccc12. The number of hydrogen-bond donors (Lipinski definition) is 0. The van der Waals surface area contributed by atoms with Gasteiger partial charge in [-0.3, -0.25) is 0 Å².